The molecule has 0 spiro atoms. The Morgan fingerprint density at radius 1 is 1.59 bits per heavy atom. The van der Waals surface area contributed by atoms with Gasteiger partial charge in [0.05, 0.1) is 5.02 Å². The first-order valence-electron chi connectivity index (χ1n) is 5.70. The summed E-state index contributed by atoms with van der Waals surface area (Å²) in [6.45, 7) is 0.672. The van der Waals surface area contributed by atoms with Crippen molar-refractivity contribution in [2.45, 2.75) is 12.5 Å². The molecule has 94 valence electrons. The van der Waals surface area contributed by atoms with Crippen molar-refractivity contribution in [3.05, 3.63) is 27.7 Å². The minimum absolute atomic E-state index is 0.359. The van der Waals surface area contributed by atoms with Gasteiger partial charge < -0.3 is 11.1 Å². The topological polar surface area (TPSA) is 38.0 Å². The summed E-state index contributed by atoms with van der Waals surface area (Å²) in [5.41, 5.74) is 6.94. The van der Waals surface area contributed by atoms with E-state index in [1.54, 1.807) is 0 Å². The monoisotopic (exact) mass is 334 g/mol. The van der Waals surface area contributed by atoms with E-state index in [1.807, 2.05) is 30.0 Å². The predicted molar refractivity (Wildman–Crippen MR) is 81.0 cm³/mol. The molecule has 2 nitrogen and oxygen atoms in total. The van der Waals surface area contributed by atoms with Crippen molar-refractivity contribution in [2.75, 3.05) is 23.4 Å². The van der Waals surface area contributed by atoms with E-state index in [1.165, 1.54) is 17.9 Å². The third-order valence-electron chi connectivity index (χ3n) is 3.06. The molecule has 0 bridgehead atoms. The third kappa shape index (κ3) is 3.53. The van der Waals surface area contributed by atoms with Crippen LogP contribution in [0.25, 0.3) is 0 Å². The van der Waals surface area contributed by atoms with Crippen LogP contribution in [0.1, 0.15) is 6.42 Å². The molecular formula is C12H16BrClN2S. The fourth-order valence-electron chi connectivity index (χ4n) is 2.04. The Labute approximate surface area is 120 Å². The molecule has 5 heteroatoms. The summed E-state index contributed by atoms with van der Waals surface area (Å²) in [6.07, 6.45) is 1.26. The van der Waals surface area contributed by atoms with Gasteiger partial charge in [0.1, 0.15) is 0 Å². The molecule has 1 fully saturated rings. The molecular weight excluding hydrogens is 320 g/mol. The van der Waals surface area contributed by atoms with E-state index in [4.69, 9.17) is 17.3 Å². The maximum atomic E-state index is 5.98. The standard InChI is InChI=1S/C12H16BrClN2S/c13-10-5-9(1-2-11(10)14)16-12(6-15)8-3-4-17-7-8/h1-2,5,8,12,16H,3-4,6-7,15H2. The van der Waals surface area contributed by atoms with Crippen molar-refractivity contribution in [2.24, 2.45) is 11.7 Å². The van der Waals surface area contributed by atoms with Crippen LogP contribution in [0, 0.1) is 5.92 Å². The third-order valence-corrected chi connectivity index (χ3v) is 5.46. The number of benzene rings is 1. The molecule has 0 radical (unpaired) electrons. The van der Waals surface area contributed by atoms with Gasteiger partial charge in [0.25, 0.3) is 0 Å². The lowest BCUT2D eigenvalue weighted by atomic mass is 9.99. The normalized spacial score (nSPS) is 21.5. The molecule has 0 aromatic heterocycles. The van der Waals surface area contributed by atoms with Crippen LogP contribution in [0.3, 0.4) is 0 Å². The van der Waals surface area contributed by atoms with Gasteiger partial charge in [-0.25, -0.2) is 0 Å². The highest BCUT2D eigenvalue weighted by molar-refractivity contribution is 9.10. The van der Waals surface area contributed by atoms with E-state index in [-0.39, 0.29) is 0 Å². The number of nitrogens with two attached hydrogens (primary N) is 1. The summed E-state index contributed by atoms with van der Waals surface area (Å²) in [5, 5.41) is 4.24. The first-order chi connectivity index (χ1) is 8.20. The van der Waals surface area contributed by atoms with E-state index in [2.05, 4.69) is 21.2 Å². The first kappa shape index (κ1) is 13.5. The summed E-state index contributed by atoms with van der Waals surface area (Å²) in [7, 11) is 0. The summed E-state index contributed by atoms with van der Waals surface area (Å²) < 4.78 is 0.917. The van der Waals surface area contributed by atoms with Gasteiger partial charge in [-0.3, -0.25) is 0 Å². The fourth-order valence-corrected chi connectivity index (χ4v) is 3.87. The van der Waals surface area contributed by atoms with Crippen LogP contribution in [-0.2, 0) is 0 Å². The van der Waals surface area contributed by atoms with Crippen molar-refractivity contribution in [3.8, 4) is 0 Å². The molecule has 0 saturated carbocycles. The quantitative estimate of drug-likeness (QED) is 0.883. The molecule has 3 N–H and O–H groups in total. The Balaban J connectivity index is 2.04. The number of halogens is 2. The maximum absolute atomic E-state index is 5.98. The van der Waals surface area contributed by atoms with Crippen LogP contribution < -0.4 is 11.1 Å². The number of thioether (sulfide) groups is 1. The second-order valence-corrected chi connectivity index (χ2v) is 6.65. The number of hydrogen-bond donors (Lipinski definition) is 2. The van der Waals surface area contributed by atoms with Gasteiger partial charge in [-0.1, -0.05) is 11.6 Å². The molecule has 1 aromatic rings. The molecule has 1 aliphatic heterocycles. The minimum atomic E-state index is 0.359. The second kappa shape index (κ2) is 6.32. The van der Waals surface area contributed by atoms with Gasteiger partial charge in [-0.15, -0.1) is 0 Å². The van der Waals surface area contributed by atoms with Gasteiger partial charge >= 0.3 is 0 Å². The lowest BCUT2D eigenvalue weighted by Gasteiger charge is -2.24. The number of rotatable bonds is 4. The van der Waals surface area contributed by atoms with Crippen molar-refractivity contribution in [3.63, 3.8) is 0 Å². The molecule has 1 aromatic carbocycles. The van der Waals surface area contributed by atoms with Crippen LogP contribution in [0.4, 0.5) is 5.69 Å². The summed E-state index contributed by atoms with van der Waals surface area (Å²) in [4.78, 5) is 0. The molecule has 0 amide bonds. The maximum Gasteiger partial charge on any atom is 0.0549 e. The smallest absolute Gasteiger partial charge is 0.0549 e. The summed E-state index contributed by atoms with van der Waals surface area (Å²) in [6, 6.07) is 6.26. The molecule has 1 heterocycles. The van der Waals surface area contributed by atoms with Gasteiger partial charge in [-0.2, -0.15) is 11.8 Å². The Hall–Kier alpha value is 0.1000. The van der Waals surface area contributed by atoms with Crippen LogP contribution in [-0.4, -0.2) is 24.1 Å². The molecule has 2 rings (SSSR count). The summed E-state index contributed by atoms with van der Waals surface area (Å²) in [5.74, 6) is 3.15. The van der Waals surface area contributed by atoms with Crippen LogP contribution in [0.15, 0.2) is 22.7 Å². The minimum Gasteiger partial charge on any atom is -0.381 e. The molecule has 1 saturated heterocycles. The van der Waals surface area contributed by atoms with E-state index in [0.717, 1.165) is 15.2 Å². The van der Waals surface area contributed by atoms with Gasteiger partial charge in [-0.05, 0) is 58.0 Å². The fraction of sp³-hybridized carbons (Fsp3) is 0.500. The Kier molecular flexibility index (Phi) is 5.03. The van der Waals surface area contributed by atoms with Gasteiger partial charge in [0.15, 0.2) is 0 Å². The average molecular weight is 336 g/mol. The molecule has 2 atom stereocenters. The zero-order chi connectivity index (χ0) is 12.3. The Bertz CT molecular complexity index is 383. The average Bonchev–Trinajstić information content (AvgIpc) is 2.84. The van der Waals surface area contributed by atoms with E-state index in [0.29, 0.717) is 18.5 Å². The highest BCUT2D eigenvalue weighted by atomic mass is 79.9. The lowest BCUT2D eigenvalue weighted by Crippen LogP contribution is -2.36. The largest absolute Gasteiger partial charge is 0.381 e. The molecule has 17 heavy (non-hydrogen) atoms. The van der Waals surface area contributed by atoms with Crippen molar-refractivity contribution in [1.29, 1.82) is 0 Å². The van der Waals surface area contributed by atoms with E-state index in [9.17, 15) is 0 Å². The Morgan fingerprint density at radius 3 is 3.00 bits per heavy atom. The Morgan fingerprint density at radius 2 is 2.41 bits per heavy atom. The number of anilines is 1. The zero-order valence-corrected chi connectivity index (χ0v) is 12.6. The molecule has 2 unspecified atom stereocenters. The van der Waals surface area contributed by atoms with E-state index >= 15 is 0 Å². The van der Waals surface area contributed by atoms with Crippen LogP contribution >= 0.6 is 39.3 Å². The van der Waals surface area contributed by atoms with Crippen molar-refractivity contribution < 1.29 is 0 Å². The van der Waals surface area contributed by atoms with Gasteiger partial charge in [0, 0.05) is 22.7 Å². The van der Waals surface area contributed by atoms with Crippen molar-refractivity contribution in [1.82, 2.24) is 0 Å². The predicted octanol–water partition coefficient (Wildman–Crippen LogP) is 3.59. The number of hydrogen-bond acceptors (Lipinski definition) is 3. The highest BCUT2D eigenvalue weighted by Crippen LogP contribution is 2.30. The van der Waals surface area contributed by atoms with E-state index < -0.39 is 0 Å². The number of nitrogens with one attached hydrogen (secondary N) is 1. The van der Waals surface area contributed by atoms with Crippen LogP contribution in [0.2, 0.25) is 5.02 Å². The summed E-state index contributed by atoms with van der Waals surface area (Å²) >= 11 is 11.4. The SMILES string of the molecule is NCC(Nc1ccc(Cl)c(Br)c1)C1CCSC1. The van der Waals surface area contributed by atoms with Crippen molar-refractivity contribution >= 4 is 45.0 Å². The highest BCUT2D eigenvalue weighted by Gasteiger charge is 2.24. The molecule has 0 aliphatic carbocycles. The lowest BCUT2D eigenvalue weighted by molar-refractivity contribution is 0.499. The zero-order valence-electron chi connectivity index (χ0n) is 9.46. The van der Waals surface area contributed by atoms with Gasteiger partial charge in [0.2, 0.25) is 0 Å². The first-order valence-corrected chi connectivity index (χ1v) is 8.02. The van der Waals surface area contributed by atoms with Crippen LogP contribution in [0.5, 0.6) is 0 Å². The second-order valence-electron chi connectivity index (χ2n) is 4.24. The molecule has 1 aliphatic rings.